The highest BCUT2D eigenvalue weighted by atomic mass is 19.1. The largest absolute Gasteiger partial charge is 0.496 e. The van der Waals surface area contributed by atoms with Gasteiger partial charge in [0.2, 0.25) is 0 Å². The number of aromatic nitrogens is 5. The van der Waals surface area contributed by atoms with Gasteiger partial charge in [-0.25, -0.2) is 18.9 Å². The van der Waals surface area contributed by atoms with Gasteiger partial charge < -0.3 is 26.4 Å². The van der Waals surface area contributed by atoms with Gasteiger partial charge in [0.05, 0.1) is 18.7 Å². The molecule has 1 saturated carbocycles. The van der Waals surface area contributed by atoms with Crippen LogP contribution in [0.3, 0.4) is 0 Å². The van der Waals surface area contributed by atoms with Crippen LogP contribution in [0.25, 0.3) is 11.3 Å². The molecule has 2 atom stereocenters. The van der Waals surface area contributed by atoms with Crippen LogP contribution in [0.5, 0.6) is 5.75 Å². The van der Waals surface area contributed by atoms with E-state index in [4.69, 9.17) is 21.3 Å². The molecule has 43 heavy (non-hydrogen) atoms. The highest BCUT2D eigenvalue weighted by molar-refractivity contribution is 6.03. The Morgan fingerprint density at radius 1 is 1.16 bits per heavy atom. The zero-order valence-electron chi connectivity index (χ0n) is 23.7. The molecule has 14 heteroatoms. The van der Waals surface area contributed by atoms with Crippen LogP contribution in [-0.2, 0) is 6.54 Å². The monoisotopic (exact) mass is 589 g/mol. The topological polar surface area (TPSA) is 176 Å². The van der Waals surface area contributed by atoms with Crippen molar-refractivity contribution in [2.24, 2.45) is 5.73 Å². The number of nitrogens with two attached hydrogens (primary N) is 2. The van der Waals surface area contributed by atoms with Gasteiger partial charge in [0.15, 0.2) is 0 Å². The third kappa shape index (κ3) is 6.03. The zero-order valence-corrected chi connectivity index (χ0v) is 23.7. The summed E-state index contributed by atoms with van der Waals surface area (Å²) in [4.78, 5) is 43.4. The molecule has 4 aromatic rings. The highest BCUT2D eigenvalue weighted by Crippen LogP contribution is 2.36. The molecule has 0 aliphatic heterocycles. The number of methoxy groups -OCH3 is 1. The number of hydrogen-bond donors (Lipinski definition) is 3. The van der Waals surface area contributed by atoms with E-state index in [9.17, 15) is 18.8 Å². The molecule has 1 aliphatic rings. The lowest BCUT2D eigenvalue weighted by Gasteiger charge is -2.35. The van der Waals surface area contributed by atoms with E-state index in [1.165, 1.54) is 36.6 Å². The molecule has 0 unspecified atom stereocenters. The lowest BCUT2D eigenvalue weighted by atomic mass is 9.90. The van der Waals surface area contributed by atoms with Crippen molar-refractivity contribution in [1.29, 1.82) is 0 Å². The van der Waals surface area contributed by atoms with E-state index in [0.29, 0.717) is 17.7 Å². The number of ether oxygens (including phenoxy) is 1. The first-order valence-corrected chi connectivity index (χ1v) is 13.7. The SMILES string of the molecule is COc1ccc(F)cc1C(=O)NCc1ccc(-c2nn([C@@H]3CCC[C@H](N(C)C(=O)n4cncn4)C3)c(N)c2C(N)=O)cc1. The van der Waals surface area contributed by atoms with Crippen molar-refractivity contribution in [1.82, 2.24) is 34.8 Å². The number of carbonyl (C=O) groups excluding carboxylic acids is 3. The second-order valence-corrected chi connectivity index (χ2v) is 10.3. The standard InChI is InChI=1S/C29H32FN9O4/c1-37(29(42)38-16-33-15-35-38)20-4-3-5-21(13-20)39-26(31)24(27(32)40)25(36-39)18-8-6-17(7-9-18)14-34-28(41)22-12-19(30)10-11-23(22)43-2/h6-12,15-16,20-21H,3-5,13-14,31H2,1-2H3,(H2,32,40)(H,34,41)/t20-,21+/m0/s1. The molecule has 0 bridgehead atoms. The van der Waals surface area contributed by atoms with Crippen molar-refractivity contribution in [3.63, 3.8) is 0 Å². The molecule has 3 amide bonds. The molecule has 0 saturated heterocycles. The maximum atomic E-state index is 13.7. The van der Waals surface area contributed by atoms with Crippen LogP contribution >= 0.6 is 0 Å². The van der Waals surface area contributed by atoms with Gasteiger partial charge in [-0.05, 0) is 49.4 Å². The second kappa shape index (κ2) is 12.3. The van der Waals surface area contributed by atoms with E-state index in [-0.39, 0.29) is 47.4 Å². The number of halogens is 1. The van der Waals surface area contributed by atoms with Crippen LogP contribution in [0.4, 0.5) is 15.0 Å². The van der Waals surface area contributed by atoms with Crippen molar-refractivity contribution in [3.05, 3.63) is 77.6 Å². The van der Waals surface area contributed by atoms with Crippen molar-refractivity contribution in [3.8, 4) is 17.0 Å². The Kier molecular flexibility index (Phi) is 8.36. The molecule has 0 radical (unpaired) electrons. The Bertz CT molecular complexity index is 1640. The maximum Gasteiger partial charge on any atom is 0.346 e. The molecule has 1 fully saturated rings. The average molecular weight is 590 g/mol. The molecule has 5 rings (SSSR count). The summed E-state index contributed by atoms with van der Waals surface area (Å²) < 4.78 is 21.7. The number of anilines is 1. The van der Waals surface area contributed by atoms with Gasteiger partial charge in [-0.2, -0.15) is 14.9 Å². The molecule has 0 spiro atoms. The second-order valence-electron chi connectivity index (χ2n) is 10.3. The van der Waals surface area contributed by atoms with E-state index in [2.05, 4.69) is 15.4 Å². The van der Waals surface area contributed by atoms with Crippen molar-refractivity contribution in [2.75, 3.05) is 19.9 Å². The van der Waals surface area contributed by atoms with Crippen molar-refractivity contribution < 1.29 is 23.5 Å². The van der Waals surface area contributed by atoms with Crippen molar-refractivity contribution >= 4 is 23.7 Å². The van der Waals surface area contributed by atoms with Gasteiger partial charge in [0.1, 0.15) is 41.3 Å². The summed E-state index contributed by atoms with van der Waals surface area (Å²) in [5.41, 5.74) is 14.1. The number of benzene rings is 2. The quantitative estimate of drug-likeness (QED) is 0.281. The van der Waals surface area contributed by atoms with E-state index in [1.807, 2.05) is 0 Å². The molecule has 2 heterocycles. The van der Waals surface area contributed by atoms with Crippen LogP contribution in [0.2, 0.25) is 0 Å². The molecule has 5 N–H and O–H groups in total. The predicted octanol–water partition coefficient (Wildman–Crippen LogP) is 2.98. The molecule has 2 aromatic heterocycles. The van der Waals surface area contributed by atoms with E-state index in [1.54, 1.807) is 40.9 Å². The summed E-state index contributed by atoms with van der Waals surface area (Å²) in [7, 11) is 3.13. The summed E-state index contributed by atoms with van der Waals surface area (Å²) in [6, 6.07) is 10.3. The normalized spacial score (nSPS) is 16.4. The number of amides is 3. The molecular formula is C29H32FN9O4. The van der Waals surface area contributed by atoms with Crippen LogP contribution in [0.15, 0.2) is 55.1 Å². The van der Waals surface area contributed by atoms with Crippen molar-refractivity contribution in [2.45, 2.75) is 44.3 Å². The summed E-state index contributed by atoms with van der Waals surface area (Å²) in [6.07, 6.45) is 5.63. The Balaban J connectivity index is 1.32. The van der Waals surface area contributed by atoms with Gasteiger partial charge in [0.25, 0.3) is 11.8 Å². The summed E-state index contributed by atoms with van der Waals surface area (Å²) in [5, 5.41) is 11.4. The van der Waals surface area contributed by atoms with E-state index < -0.39 is 17.6 Å². The zero-order chi connectivity index (χ0) is 30.7. The summed E-state index contributed by atoms with van der Waals surface area (Å²) in [5.74, 6) is -1.31. The predicted molar refractivity (Wildman–Crippen MR) is 155 cm³/mol. The van der Waals surface area contributed by atoms with E-state index in [0.717, 1.165) is 30.9 Å². The fourth-order valence-corrected chi connectivity index (χ4v) is 5.42. The number of hydrogen-bond acceptors (Lipinski definition) is 8. The number of nitrogens with one attached hydrogen (secondary N) is 1. The van der Waals surface area contributed by atoms with Crippen LogP contribution < -0.4 is 21.5 Å². The summed E-state index contributed by atoms with van der Waals surface area (Å²) in [6.45, 7) is 0.169. The third-order valence-corrected chi connectivity index (χ3v) is 7.71. The average Bonchev–Trinajstić information content (AvgIpc) is 3.68. The van der Waals surface area contributed by atoms with Gasteiger partial charge in [-0.1, -0.05) is 24.3 Å². The van der Waals surface area contributed by atoms with Crippen LogP contribution in [0.1, 0.15) is 58.0 Å². The summed E-state index contributed by atoms with van der Waals surface area (Å²) >= 11 is 0. The minimum Gasteiger partial charge on any atom is -0.496 e. The number of nitrogens with zero attached hydrogens (tertiary/aromatic N) is 6. The Morgan fingerprint density at radius 2 is 1.93 bits per heavy atom. The molecule has 1 aliphatic carbocycles. The third-order valence-electron chi connectivity index (χ3n) is 7.71. The van der Waals surface area contributed by atoms with Gasteiger partial charge in [-0.3, -0.25) is 9.59 Å². The fourth-order valence-electron chi connectivity index (χ4n) is 5.42. The lowest BCUT2D eigenvalue weighted by molar-refractivity contribution is 0.0946. The lowest BCUT2D eigenvalue weighted by Crippen LogP contribution is -2.43. The first kappa shape index (κ1) is 29.2. The molecule has 224 valence electrons. The minimum absolute atomic E-state index is 0.0881. The Labute approximate surface area is 246 Å². The molecule has 2 aromatic carbocycles. The Hall–Kier alpha value is -5.27. The Morgan fingerprint density at radius 3 is 2.60 bits per heavy atom. The number of carbonyl (C=O) groups is 3. The van der Waals surface area contributed by atoms with Crippen LogP contribution in [-0.4, -0.2) is 67.5 Å². The molecule has 13 nitrogen and oxygen atoms in total. The van der Waals surface area contributed by atoms with Gasteiger partial charge >= 0.3 is 6.03 Å². The number of nitrogen functional groups attached to an aromatic ring is 1. The fraction of sp³-hybridized carbons (Fsp3) is 0.310. The number of rotatable bonds is 8. The first-order valence-electron chi connectivity index (χ1n) is 13.7. The number of primary amides is 1. The molecular weight excluding hydrogens is 557 g/mol. The maximum absolute atomic E-state index is 13.7. The van der Waals surface area contributed by atoms with Crippen LogP contribution in [0, 0.1) is 5.82 Å². The minimum atomic E-state index is -0.704. The van der Waals surface area contributed by atoms with E-state index >= 15 is 0 Å². The first-order chi connectivity index (χ1) is 20.7. The van der Waals surface area contributed by atoms with Gasteiger partial charge in [0, 0.05) is 25.2 Å². The smallest absolute Gasteiger partial charge is 0.346 e. The highest BCUT2D eigenvalue weighted by Gasteiger charge is 2.32. The van der Waals surface area contributed by atoms with Gasteiger partial charge in [-0.15, -0.1) is 0 Å².